The van der Waals surface area contributed by atoms with Crippen LogP contribution in [0.4, 0.5) is 0 Å². The zero-order valence-corrected chi connectivity index (χ0v) is 34.8. The van der Waals surface area contributed by atoms with E-state index in [1.165, 1.54) is 58.6 Å². The summed E-state index contributed by atoms with van der Waals surface area (Å²) in [6, 6.07) is 77.0. The summed E-state index contributed by atoms with van der Waals surface area (Å²) in [5.41, 5.74) is 13.0. The van der Waals surface area contributed by atoms with Gasteiger partial charge >= 0.3 is 0 Å². The number of fused-ring (bicyclic) bond motifs is 7. The van der Waals surface area contributed by atoms with Gasteiger partial charge in [0.25, 0.3) is 0 Å². The van der Waals surface area contributed by atoms with Crippen molar-refractivity contribution in [2.24, 2.45) is 0 Å². The minimum absolute atomic E-state index is 0.647. The van der Waals surface area contributed by atoms with Gasteiger partial charge in [0.2, 0.25) is 0 Å². The molecule has 0 fully saturated rings. The summed E-state index contributed by atoms with van der Waals surface area (Å²) in [6.07, 6.45) is 0. The number of aromatic nitrogens is 4. The second-order valence-corrected chi connectivity index (χ2v) is 16.9. The monoisotopic (exact) mass is 820 g/mol. The van der Waals surface area contributed by atoms with Crippen LogP contribution in [-0.4, -0.2) is 19.9 Å². The van der Waals surface area contributed by atoms with E-state index in [0.717, 1.165) is 44.6 Å². The molecular weight excluding hydrogens is 785 g/mol. The van der Waals surface area contributed by atoms with E-state index in [9.17, 15) is 0 Å². The van der Waals surface area contributed by atoms with E-state index in [1.54, 1.807) is 0 Å². The predicted octanol–water partition coefficient (Wildman–Crippen LogP) is 15.6. The molecule has 0 spiro atoms. The molecule has 3 aromatic heterocycles. The van der Waals surface area contributed by atoms with E-state index in [-0.39, 0.29) is 0 Å². The molecule has 0 aliphatic heterocycles. The summed E-state index contributed by atoms with van der Waals surface area (Å²) < 4.78 is 2.58. The van der Waals surface area contributed by atoms with Crippen LogP contribution >= 0.6 is 11.3 Å². The van der Waals surface area contributed by atoms with Crippen molar-refractivity contribution in [2.45, 2.75) is 0 Å². The number of rotatable bonds is 7. The zero-order valence-electron chi connectivity index (χ0n) is 34.0. The van der Waals surface area contributed by atoms with Gasteiger partial charge < -0.3 is 0 Å². The van der Waals surface area contributed by atoms with E-state index >= 15 is 0 Å². The average molecular weight is 821 g/mol. The Morgan fingerprint density at radius 1 is 0.254 bits per heavy atom. The van der Waals surface area contributed by atoms with E-state index in [1.807, 2.05) is 72.0 Å². The van der Waals surface area contributed by atoms with Gasteiger partial charge in [0.15, 0.2) is 17.5 Å². The van der Waals surface area contributed by atoms with Gasteiger partial charge in [-0.15, -0.1) is 11.3 Å². The highest BCUT2D eigenvalue weighted by molar-refractivity contribution is 7.26. The number of hydrogen-bond donors (Lipinski definition) is 0. The highest BCUT2D eigenvalue weighted by Crippen LogP contribution is 2.44. The molecule has 0 bridgehead atoms. The quantitative estimate of drug-likeness (QED) is 0.150. The van der Waals surface area contributed by atoms with Gasteiger partial charge in [-0.1, -0.05) is 194 Å². The SMILES string of the molecule is c1ccc(-c2nc(-c3ccccc3)nc(-c3ccc(-c4ccc(-c5ccc(-c6ccc7sc8ccc9c(-c%10ccccc%10)nc%10ccccc%10c9c8c7c6)cc5)cc4)cc3)n2)cc1. The fraction of sp³-hybridized carbons (Fsp3) is 0. The third-order valence-corrected chi connectivity index (χ3v) is 13.1. The smallest absolute Gasteiger partial charge is 0.164 e. The van der Waals surface area contributed by atoms with Gasteiger partial charge in [0.1, 0.15) is 0 Å². The molecule has 12 rings (SSSR count). The average Bonchev–Trinajstić information content (AvgIpc) is 3.75. The molecule has 294 valence electrons. The Kier molecular flexibility index (Phi) is 8.98. The van der Waals surface area contributed by atoms with Gasteiger partial charge in [-0.05, 0) is 57.6 Å². The number of thiophene rings is 1. The third-order valence-electron chi connectivity index (χ3n) is 12.0. The first-order valence-corrected chi connectivity index (χ1v) is 21.9. The lowest BCUT2D eigenvalue weighted by atomic mass is 9.95. The van der Waals surface area contributed by atoms with Crippen molar-refractivity contribution in [2.75, 3.05) is 0 Å². The topological polar surface area (TPSA) is 51.6 Å². The van der Waals surface area contributed by atoms with Crippen molar-refractivity contribution < 1.29 is 0 Å². The Morgan fingerprint density at radius 3 is 1.21 bits per heavy atom. The molecule has 12 aromatic rings. The molecular formula is C58H36N4S. The van der Waals surface area contributed by atoms with Crippen LogP contribution in [0.3, 0.4) is 0 Å². The minimum Gasteiger partial charge on any atom is -0.247 e. The first-order chi connectivity index (χ1) is 31.2. The van der Waals surface area contributed by atoms with Gasteiger partial charge in [0, 0.05) is 58.6 Å². The van der Waals surface area contributed by atoms with Gasteiger partial charge in [-0.25, -0.2) is 19.9 Å². The maximum atomic E-state index is 5.20. The molecule has 0 radical (unpaired) electrons. The van der Waals surface area contributed by atoms with E-state index < -0.39 is 0 Å². The standard InChI is InChI=1S/C58H36N4S/c1-4-12-42(13-5-1)55-48-33-35-52-54(53(48)47-18-10-11-19-50(47)59-55)49-36-46(32-34-51(49)63-52)41-26-24-39(25-27-41)37-20-22-38(23-21-37)40-28-30-45(31-29-40)58-61-56(43-14-6-2-7-15-43)60-57(62-58)44-16-8-3-9-17-44/h1-36H. The number of benzene rings is 9. The molecule has 0 unspecified atom stereocenters. The fourth-order valence-electron chi connectivity index (χ4n) is 8.76. The van der Waals surface area contributed by atoms with Gasteiger partial charge in [0.05, 0.1) is 11.2 Å². The normalized spacial score (nSPS) is 11.5. The molecule has 5 heteroatoms. The minimum atomic E-state index is 0.647. The number of pyridine rings is 1. The second-order valence-electron chi connectivity index (χ2n) is 15.8. The number of para-hydroxylation sites is 1. The Labute approximate surface area is 368 Å². The van der Waals surface area contributed by atoms with Crippen LogP contribution in [0.25, 0.3) is 121 Å². The van der Waals surface area contributed by atoms with Gasteiger partial charge in [-0.2, -0.15) is 0 Å². The van der Waals surface area contributed by atoms with Crippen LogP contribution in [0, 0.1) is 0 Å². The van der Waals surface area contributed by atoms with Crippen molar-refractivity contribution in [3.63, 3.8) is 0 Å². The van der Waals surface area contributed by atoms with Crippen LogP contribution in [0.2, 0.25) is 0 Å². The number of hydrogen-bond acceptors (Lipinski definition) is 5. The predicted molar refractivity (Wildman–Crippen MR) is 264 cm³/mol. The van der Waals surface area contributed by atoms with Crippen LogP contribution in [-0.2, 0) is 0 Å². The Bertz CT molecular complexity index is 3570. The largest absolute Gasteiger partial charge is 0.247 e. The highest BCUT2D eigenvalue weighted by Gasteiger charge is 2.17. The van der Waals surface area contributed by atoms with Crippen molar-refractivity contribution >= 4 is 53.2 Å². The zero-order chi connectivity index (χ0) is 41.7. The second kappa shape index (κ2) is 15.4. The van der Waals surface area contributed by atoms with Crippen molar-refractivity contribution in [1.82, 2.24) is 19.9 Å². The Hall–Kier alpha value is -8.12. The first kappa shape index (κ1) is 36.7. The third kappa shape index (κ3) is 6.72. The lowest BCUT2D eigenvalue weighted by molar-refractivity contribution is 1.07. The molecule has 3 heterocycles. The summed E-state index contributed by atoms with van der Waals surface area (Å²) in [7, 11) is 0. The summed E-state index contributed by atoms with van der Waals surface area (Å²) >= 11 is 1.86. The van der Waals surface area contributed by atoms with E-state index in [0.29, 0.717) is 17.5 Å². The number of nitrogens with zero attached hydrogens (tertiary/aromatic N) is 4. The Balaban J connectivity index is 0.837. The summed E-state index contributed by atoms with van der Waals surface area (Å²) in [4.78, 5) is 19.8. The molecule has 4 nitrogen and oxygen atoms in total. The maximum absolute atomic E-state index is 5.20. The molecule has 63 heavy (non-hydrogen) atoms. The van der Waals surface area contributed by atoms with Crippen molar-refractivity contribution in [3.05, 3.63) is 218 Å². The van der Waals surface area contributed by atoms with Crippen molar-refractivity contribution in [3.8, 4) is 78.8 Å². The molecule has 0 saturated carbocycles. The molecule has 0 N–H and O–H groups in total. The van der Waals surface area contributed by atoms with E-state index in [4.69, 9.17) is 19.9 Å². The molecule has 0 amide bonds. The lowest BCUT2D eigenvalue weighted by Crippen LogP contribution is -2.00. The van der Waals surface area contributed by atoms with Crippen LogP contribution in [0.1, 0.15) is 0 Å². The first-order valence-electron chi connectivity index (χ1n) is 21.1. The molecule has 0 aliphatic rings. The molecule has 9 aromatic carbocycles. The Morgan fingerprint density at radius 2 is 0.667 bits per heavy atom. The van der Waals surface area contributed by atoms with Crippen LogP contribution in [0.15, 0.2) is 218 Å². The molecule has 0 atom stereocenters. The summed E-state index contributed by atoms with van der Waals surface area (Å²) in [5.74, 6) is 1.96. The van der Waals surface area contributed by atoms with Crippen LogP contribution < -0.4 is 0 Å². The van der Waals surface area contributed by atoms with Crippen molar-refractivity contribution in [1.29, 1.82) is 0 Å². The summed E-state index contributed by atoms with van der Waals surface area (Å²) in [6.45, 7) is 0. The summed E-state index contributed by atoms with van der Waals surface area (Å²) in [5, 5.41) is 6.22. The van der Waals surface area contributed by atoms with E-state index in [2.05, 4.69) is 158 Å². The lowest BCUT2D eigenvalue weighted by Gasteiger charge is -2.12. The van der Waals surface area contributed by atoms with Gasteiger partial charge in [-0.3, -0.25) is 0 Å². The highest BCUT2D eigenvalue weighted by atomic mass is 32.1. The van der Waals surface area contributed by atoms with Crippen LogP contribution in [0.5, 0.6) is 0 Å². The molecule has 0 saturated heterocycles. The molecule has 0 aliphatic carbocycles. The maximum Gasteiger partial charge on any atom is 0.164 e. The fourth-order valence-corrected chi connectivity index (χ4v) is 9.86.